The van der Waals surface area contributed by atoms with E-state index in [2.05, 4.69) is 20.2 Å². The molecule has 3 aromatic carbocycles. The Bertz CT molecular complexity index is 1430. The lowest BCUT2D eigenvalue weighted by molar-refractivity contribution is -0.118. The van der Waals surface area contributed by atoms with Crippen molar-refractivity contribution < 1.29 is 17.9 Å². The number of nitrogens with one attached hydrogen (secondary N) is 2. The molecule has 1 amide bonds. The number of anilines is 1. The number of amides is 1. The van der Waals surface area contributed by atoms with Gasteiger partial charge in [-0.05, 0) is 41.6 Å². The molecule has 1 heterocycles. The highest BCUT2D eigenvalue weighted by atomic mass is 32.2. The number of hydrogen-bond donors (Lipinski definition) is 2. The van der Waals surface area contributed by atoms with Crippen molar-refractivity contribution in [2.75, 3.05) is 12.4 Å². The van der Waals surface area contributed by atoms with Gasteiger partial charge in [0, 0.05) is 10.9 Å². The molecule has 0 aliphatic heterocycles. The molecule has 0 bridgehead atoms. The SMILES string of the molecule is CCC(C)C(NS(=O)(=O)c1cccc2ccccc12)C(=O)Nc1nnc(-c2ccc(OC)cc2)s1. The van der Waals surface area contributed by atoms with Gasteiger partial charge < -0.3 is 4.74 Å². The summed E-state index contributed by atoms with van der Waals surface area (Å²) in [4.78, 5) is 13.3. The number of carbonyl (C=O) groups excluding carboxylic acids is 1. The minimum atomic E-state index is -3.98. The van der Waals surface area contributed by atoms with Crippen molar-refractivity contribution in [1.82, 2.24) is 14.9 Å². The first-order valence-electron chi connectivity index (χ1n) is 11.1. The maximum Gasteiger partial charge on any atom is 0.244 e. The zero-order valence-corrected chi connectivity index (χ0v) is 21.2. The van der Waals surface area contributed by atoms with Crippen LogP contribution in [0.1, 0.15) is 20.3 Å². The van der Waals surface area contributed by atoms with Crippen LogP contribution in [0.2, 0.25) is 0 Å². The number of rotatable bonds is 9. The highest BCUT2D eigenvalue weighted by molar-refractivity contribution is 7.89. The van der Waals surface area contributed by atoms with Crippen LogP contribution in [0.3, 0.4) is 0 Å². The molecule has 0 fully saturated rings. The van der Waals surface area contributed by atoms with Crippen molar-refractivity contribution >= 4 is 43.2 Å². The van der Waals surface area contributed by atoms with Gasteiger partial charge in [0.15, 0.2) is 0 Å². The van der Waals surface area contributed by atoms with Gasteiger partial charge in [-0.3, -0.25) is 10.1 Å². The van der Waals surface area contributed by atoms with E-state index < -0.39 is 22.0 Å². The van der Waals surface area contributed by atoms with Crippen LogP contribution in [0, 0.1) is 5.92 Å². The van der Waals surface area contributed by atoms with Crippen molar-refractivity contribution in [3.8, 4) is 16.3 Å². The van der Waals surface area contributed by atoms with Crippen molar-refractivity contribution in [2.45, 2.75) is 31.2 Å². The Hall–Kier alpha value is -3.34. The van der Waals surface area contributed by atoms with Crippen molar-refractivity contribution in [3.63, 3.8) is 0 Å². The first-order chi connectivity index (χ1) is 16.8. The summed E-state index contributed by atoms with van der Waals surface area (Å²) in [6.07, 6.45) is 0.601. The van der Waals surface area contributed by atoms with Crippen LogP contribution in [0.5, 0.6) is 5.75 Å². The third-order valence-electron chi connectivity index (χ3n) is 5.81. The van der Waals surface area contributed by atoms with E-state index in [1.807, 2.05) is 56.3 Å². The lowest BCUT2D eigenvalue weighted by atomic mass is 9.99. The van der Waals surface area contributed by atoms with E-state index in [9.17, 15) is 13.2 Å². The number of carbonyl (C=O) groups is 1. The number of ether oxygens (including phenoxy) is 1. The van der Waals surface area contributed by atoms with Crippen LogP contribution in [0.25, 0.3) is 21.3 Å². The molecule has 8 nitrogen and oxygen atoms in total. The average molecular weight is 511 g/mol. The zero-order valence-electron chi connectivity index (χ0n) is 19.6. The molecule has 0 saturated carbocycles. The zero-order chi connectivity index (χ0) is 25.0. The molecule has 0 spiro atoms. The van der Waals surface area contributed by atoms with Crippen LogP contribution in [-0.4, -0.2) is 37.7 Å². The topological polar surface area (TPSA) is 110 Å². The van der Waals surface area contributed by atoms with Crippen LogP contribution < -0.4 is 14.8 Å². The van der Waals surface area contributed by atoms with Gasteiger partial charge in [0.25, 0.3) is 0 Å². The quantitative estimate of drug-likeness (QED) is 0.338. The second-order valence-electron chi connectivity index (χ2n) is 8.09. The average Bonchev–Trinajstić information content (AvgIpc) is 3.34. The standard InChI is InChI=1S/C25H26N4O4S2/c1-4-16(2)22(29-35(31,32)21-11-7-9-17-8-5-6-10-20(17)21)23(30)26-25-28-27-24(34-25)18-12-14-19(33-3)15-13-18/h5-16,22,29H,4H2,1-3H3,(H,26,28,30). The summed E-state index contributed by atoms with van der Waals surface area (Å²) in [6.45, 7) is 3.74. The lowest BCUT2D eigenvalue weighted by Gasteiger charge is -2.23. The monoisotopic (exact) mass is 510 g/mol. The summed E-state index contributed by atoms with van der Waals surface area (Å²) in [6, 6.07) is 18.7. The molecular formula is C25H26N4O4S2. The van der Waals surface area contributed by atoms with Gasteiger partial charge in [-0.2, -0.15) is 4.72 Å². The minimum Gasteiger partial charge on any atom is -0.497 e. The van der Waals surface area contributed by atoms with E-state index in [1.54, 1.807) is 31.4 Å². The Kier molecular flexibility index (Phi) is 7.44. The third kappa shape index (κ3) is 5.50. The molecular weight excluding hydrogens is 484 g/mol. The van der Waals surface area contributed by atoms with Crippen LogP contribution in [0.4, 0.5) is 5.13 Å². The van der Waals surface area contributed by atoms with Gasteiger partial charge >= 0.3 is 0 Å². The predicted octanol–water partition coefficient (Wildman–Crippen LogP) is 4.70. The fourth-order valence-electron chi connectivity index (χ4n) is 3.63. The first kappa shape index (κ1) is 24.8. The summed E-state index contributed by atoms with van der Waals surface area (Å²) < 4.78 is 34.5. The maximum absolute atomic E-state index is 13.3. The Morgan fingerprint density at radius 2 is 1.74 bits per heavy atom. The summed E-state index contributed by atoms with van der Waals surface area (Å²) >= 11 is 1.21. The maximum atomic E-state index is 13.3. The van der Waals surface area contributed by atoms with E-state index >= 15 is 0 Å². The molecule has 2 N–H and O–H groups in total. The largest absolute Gasteiger partial charge is 0.497 e. The predicted molar refractivity (Wildman–Crippen MR) is 138 cm³/mol. The van der Waals surface area contributed by atoms with E-state index in [0.717, 1.165) is 16.7 Å². The normalized spacial score (nSPS) is 13.3. The molecule has 0 aliphatic carbocycles. The van der Waals surface area contributed by atoms with Crippen LogP contribution >= 0.6 is 11.3 Å². The Labute approximate surface area is 208 Å². The highest BCUT2D eigenvalue weighted by Crippen LogP contribution is 2.28. The molecule has 182 valence electrons. The molecule has 35 heavy (non-hydrogen) atoms. The summed E-state index contributed by atoms with van der Waals surface area (Å²) in [5.41, 5.74) is 0.832. The fraction of sp³-hybridized carbons (Fsp3) is 0.240. The molecule has 0 saturated heterocycles. The molecule has 0 radical (unpaired) electrons. The van der Waals surface area contributed by atoms with Gasteiger partial charge in [0.05, 0.1) is 12.0 Å². The van der Waals surface area contributed by atoms with Gasteiger partial charge in [0.2, 0.25) is 21.1 Å². The van der Waals surface area contributed by atoms with E-state index in [1.165, 1.54) is 11.3 Å². The number of fused-ring (bicyclic) bond motifs is 1. The number of hydrogen-bond acceptors (Lipinski definition) is 7. The smallest absolute Gasteiger partial charge is 0.244 e. The highest BCUT2D eigenvalue weighted by Gasteiger charge is 2.31. The third-order valence-corrected chi connectivity index (χ3v) is 8.20. The van der Waals surface area contributed by atoms with Gasteiger partial charge in [-0.25, -0.2) is 8.42 Å². The van der Waals surface area contributed by atoms with Crippen LogP contribution in [0.15, 0.2) is 71.6 Å². The van der Waals surface area contributed by atoms with Crippen molar-refractivity contribution in [3.05, 3.63) is 66.7 Å². The number of nitrogens with zero attached hydrogens (tertiary/aromatic N) is 2. The van der Waals surface area contributed by atoms with Crippen molar-refractivity contribution in [2.24, 2.45) is 5.92 Å². The molecule has 0 aliphatic rings. The molecule has 2 unspecified atom stereocenters. The second kappa shape index (κ2) is 10.5. The van der Waals surface area contributed by atoms with Gasteiger partial charge in [-0.15, -0.1) is 10.2 Å². The lowest BCUT2D eigenvalue weighted by Crippen LogP contribution is -2.47. The second-order valence-corrected chi connectivity index (χ2v) is 10.8. The molecule has 4 aromatic rings. The minimum absolute atomic E-state index is 0.134. The van der Waals surface area contributed by atoms with Crippen LogP contribution in [-0.2, 0) is 14.8 Å². The van der Waals surface area contributed by atoms with Gasteiger partial charge in [0.1, 0.15) is 16.8 Å². The fourth-order valence-corrected chi connectivity index (χ4v) is 5.92. The van der Waals surface area contributed by atoms with E-state index in [0.29, 0.717) is 21.9 Å². The van der Waals surface area contributed by atoms with Crippen molar-refractivity contribution in [1.29, 1.82) is 0 Å². The number of benzene rings is 3. The Morgan fingerprint density at radius 1 is 1.03 bits per heavy atom. The molecule has 1 aromatic heterocycles. The number of sulfonamides is 1. The first-order valence-corrected chi connectivity index (χ1v) is 13.4. The number of aromatic nitrogens is 2. The van der Waals surface area contributed by atoms with E-state index in [4.69, 9.17) is 4.74 Å². The number of methoxy groups -OCH3 is 1. The molecule has 2 atom stereocenters. The molecule has 10 heteroatoms. The summed E-state index contributed by atoms with van der Waals surface area (Å²) in [7, 11) is -2.39. The van der Waals surface area contributed by atoms with E-state index in [-0.39, 0.29) is 10.8 Å². The Balaban J connectivity index is 1.56. The Morgan fingerprint density at radius 3 is 2.46 bits per heavy atom. The summed E-state index contributed by atoms with van der Waals surface area (Å²) in [5.74, 6) is -0.0176. The molecule has 4 rings (SSSR count). The summed E-state index contributed by atoms with van der Waals surface area (Å²) in [5, 5.41) is 13.3. The van der Waals surface area contributed by atoms with Gasteiger partial charge in [-0.1, -0.05) is 68.0 Å².